The summed E-state index contributed by atoms with van der Waals surface area (Å²) in [6.07, 6.45) is 1.61. The van der Waals surface area contributed by atoms with Gasteiger partial charge in [-0.3, -0.25) is 19.8 Å². The van der Waals surface area contributed by atoms with Crippen LogP contribution in [0.25, 0.3) is 27.6 Å². The highest BCUT2D eigenvalue weighted by atomic mass is 32.1. The van der Waals surface area contributed by atoms with Gasteiger partial charge in [0.2, 0.25) is 0 Å². The van der Waals surface area contributed by atoms with Crippen molar-refractivity contribution in [2.75, 3.05) is 4.90 Å². The first-order valence-corrected chi connectivity index (χ1v) is 10.0. The Balaban J connectivity index is 1.71. The van der Waals surface area contributed by atoms with Crippen LogP contribution >= 0.6 is 12.2 Å². The Hall–Kier alpha value is -3.90. The Morgan fingerprint density at radius 3 is 2.03 bits per heavy atom. The molecule has 0 radical (unpaired) electrons. The lowest BCUT2D eigenvalue weighted by Gasteiger charge is -2.29. The maximum absolute atomic E-state index is 13.4. The lowest BCUT2D eigenvalue weighted by atomic mass is 9.94. The van der Waals surface area contributed by atoms with Crippen LogP contribution in [0.15, 0.2) is 84.4 Å². The van der Waals surface area contributed by atoms with E-state index in [4.69, 9.17) is 12.2 Å². The Labute approximate surface area is 182 Å². The topological polar surface area (TPSA) is 49.4 Å². The maximum atomic E-state index is 13.4. The number of carbonyl (C=O) groups is 2. The van der Waals surface area contributed by atoms with Crippen LogP contribution in [0.4, 0.5) is 10.1 Å². The third-order valence-corrected chi connectivity index (χ3v) is 5.57. The molecular formula is C25H15FN2O2S. The van der Waals surface area contributed by atoms with Crippen molar-refractivity contribution in [3.8, 4) is 0 Å². The number of rotatable bonds is 2. The highest BCUT2D eigenvalue weighted by molar-refractivity contribution is 7.80. The zero-order chi connectivity index (χ0) is 21.5. The van der Waals surface area contributed by atoms with Gasteiger partial charge >= 0.3 is 0 Å². The SMILES string of the molecule is O=C1NC(=S)N(c2ccc(F)cc2)C(=O)C1=Cc1c2ccccc2cc2ccccc12. The third-order valence-electron chi connectivity index (χ3n) is 5.29. The highest BCUT2D eigenvalue weighted by Gasteiger charge is 2.34. The largest absolute Gasteiger partial charge is 0.298 e. The summed E-state index contributed by atoms with van der Waals surface area (Å²) < 4.78 is 13.4. The van der Waals surface area contributed by atoms with Gasteiger partial charge in [0.05, 0.1) is 5.69 Å². The molecule has 0 aliphatic carbocycles. The first kappa shape index (κ1) is 19.1. The second kappa shape index (κ2) is 7.41. The first-order chi connectivity index (χ1) is 15.0. The summed E-state index contributed by atoms with van der Waals surface area (Å²) in [6.45, 7) is 0. The molecule has 31 heavy (non-hydrogen) atoms. The summed E-state index contributed by atoms with van der Waals surface area (Å²) >= 11 is 5.22. The fraction of sp³-hybridized carbons (Fsp3) is 0. The van der Waals surface area contributed by atoms with Gasteiger partial charge in [-0.05, 0) is 75.7 Å². The van der Waals surface area contributed by atoms with Crippen LogP contribution < -0.4 is 10.2 Å². The molecule has 0 unspecified atom stereocenters. The molecule has 4 aromatic rings. The standard InChI is InChI=1S/C25H15FN2O2S/c26-17-9-11-18(12-10-17)28-24(30)22(23(29)27-25(28)31)14-21-19-7-3-1-5-15(19)13-16-6-2-4-8-20(16)21/h1-14H,(H,27,29,31). The lowest BCUT2D eigenvalue weighted by Crippen LogP contribution is -2.54. The van der Waals surface area contributed by atoms with Gasteiger partial charge in [-0.15, -0.1) is 0 Å². The number of anilines is 1. The van der Waals surface area contributed by atoms with E-state index < -0.39 is 17.6 Å². The number of fused-ring (bicyclic) bond motifs is 2. The Morgan fingerprint density at radius 2 is 1.42 bits per heavy atom. The average molecular weight is 426 g/mol. The van der Waals surface area contributed by atoms with Gasteiger partial charge in [-0.2, -0.15) is 0 Å². The lowest BCUT2D eigenvalue weighted by molar-refractivity contribution is -0.122. The van der Waals surface area contributed by atoms with Gasteiger partial charge in [-0.1, -0.05) is 48.5 Å². The van der Waals surface area contributed by atoms with Crippen molar-refractivity contribution in [3.05, 3.63) is 95.8 Å². The van der Waals surface area contributed by atoms with E-state index in [1.165, 1.54) is 29.2 Å². The van der Waals surface area contributed by atoms with E-state index in [1.807, 2.05) is 48.5 Å². The number of thiocarbonyl (C=S) groups is 1. The van der Waals surface area contributed by atoms with Crippen LogP contribution in [0.2, 0.25) is 0 Å². The summed E-state index contributed by atoms with van der Waals surface area (Å²) in [5, 5.41) is 6.39. The molecule has 1 aliphatic heterocycles. The summed E-state index contributed by atoms with van der Waals surface area (Å²) in [4.78, 5) is 27.3. The van der Waals surface area contributed by atoms with Gasteiger partial charge in [0.1, 0.15) is 11.4 Å². The molecule has 1 N–H and O–H groups in total. The number of carbonyl (C=O) groups excluding carboxylic acids is 2. The molecule has 2 amide bonds. The second-order valence-electron chi connectivity index (χ2n) is 7.17. The van der Waals surface area contributed by atoms with E-state index in [2.05, 4.69) is 11.4 Å². The van der Waals surface area contributed by atoms with Gasteiger partial charge < -0.3 is 0 Å². The molecule has 6 heteroatoms. The molecule has 1 aliphatic rings. The minimum atomic E-state index is -0.564. The van der Waals surface area contributed by atoms with Gasteiger partial charge in [0.25, 0.3) is 11.8 Å². The zero-order valence-corrected chi connectivity index (χ0v) is 16.9. The van der Waals surface area contributed by atoms with E-state index >= 15 is 0 Å². The number of nitrogens with one attached hydrogen (secondary N) is 1. The number of benzene rings is 4. The van der Waals surface area contributed by atoms with Crippen LogP contribution in [0.5, 0.6) is 0 Å². The summed E-state index contributed by atoms with van der Waals surface area (Å²) in [7, 11) is 0. The fourth-order valence-corrected chi connectivity index (χ4v) is 4.11. The Morgan fingerprint density at radius 1 is 0.839 bits per heavy atom. The second-order valence-corrected chi connectivity index (χ2v) is 7.55. The number of hydrogen-bond acceptors (Lipinski definition) is 3. The molecule has 5 rings (SSSR count). The van der Waals surface area contributed by atoms with Crippen molar-refractivity contribution in [3.63, 3.8) is 0 Å². The summed E-state index contributed by atoms with van der Waals surface area (Å²) in [5.41, 5.74) is 1.11. The number of halogens is 1. The van der Waals surface area contributed by atoms with Crippen molar-refractivity contribution in [2.24, 2.45) is 0 Å². The van der Waals surface area contributed by atoms with Crippen molar-refractivity contribution < 1.29 is 14.0 Å². The molecular weight excluding hydrogens is 411 g/mol. The molecule has 1 saturated heterocycles. The van der Waals surface area contributed by atoms with Crippen LogP contribution in [0, 0.1) is 5.82 Å². The van der Waals surface area contributed by atoms with Crippen LogP contribution in [0.1, 0.15) is 5.56 Å². The van der Waals surface area contributed by atoms with Gasteiger partial charge in [-0.25, -0.2) is 4.39 Å². The quantitative estimate of drug-likeness (QED) is 0.213. The molecule has 0 spiro atoms. The Kier molecular flexibility index (Phi) is 4.56. The third kappa shape index (κ3) is 3.27. The van der Waals surface area contributed by atoms with E-state index in [-0.39, 0.29) is 10.7 Å². The highest BCUT2D eigenvalue weighted by Crippen LogP contribution is 2.31. The van der Waals surface area contributed by atoms with Crippen molar-refractivity contribution >= 4 is 62.5 Å². The Bertz CT molecular complexity index is 1370. The molecule has 0 atom stereocenters. The van der Waals surface area contributed by atoms with E-state index in [0.29, 0.717) is 5.69 Å². The molecule has 150 valence electrons. The fourth-order valence-electron chi connectivity index (χ4n) is 3.83. The van der Waals surface area contributed by atoms with E-state index in [0.717, 1.165) is 27.1 Å². The monoisotopic (exact) mass is 426 g/mol. The average Bonchev–Trinajstić information content (AvgIpc) is 2.77. The van der Waals surface area contributed by atoms with Gasteiger partial charge in [0, 0.05) is 0 Å². The van der Waals surface area contributed by atoms with E-state index in [1.54, 1.807) is 6.08 Å². The molecule has 0 saturated carbocycles. The number of nitrogens with zero attached hydrogens (tertiary/aromatic N) is 1. The van der Waals surface area contributed by atoms with Crippen molar-refractivity contribution in [1.29, 1.82) is 0 Å². The van der Waals surface area contributed by atoms with Crippen molar-refractivity contribution in [2.45, 2.75) is 0 Å². The van der Waals surface area contributed by atoms with Gasteiger partial charge in [0.15, 0.2) is 5.11 Å². The maximum Gasteiger partial charge on any atom is 0.270 e. The predicted molar refractivity (Wildman–Crippen MR) is 124 cm³/mol. The number of amides is 2. The smallest absolute Gasteiger partial charge is 0.270 e. The van der Waals surface area contributed by atoms with Crippen LogP contribution in [0.3, 0.4) is 0 Å². The molecule has 1 heterocycles. The van der Waals surface area contributed by atoms with Crippen molar-refractivity contribution in [1.82, 2.24) is 5.32 Å². The van der Waals surface area contributed by atoms with Crippen LogP contribution in [-0.4, -0.2) is 16.9 Å². The molecule has 4 aromatic carbocycles. The zero-order valence-electron chi connectivity index (χ0n) is 16.1. The minimum absolute atomic E-state index is 0.0402. The molecule has 1 fully saturated rings. The normalized spacial score (nSPS) is 15.7. The molecule has 4 nitrogen and oxygen atoms in total. The summed E-state index contributed by atoms with van der Waals surface area (Å²) in [5.74, 6) is -1.55. The predicted octanol–water partition coefficient (Wildman–Crippen LogP) is 4.96. The minimum Gasteiger partial charge on any atom is -0.298 e. The summed E-state index contributed by atoms with van der Waals surface area (Å²) in [6, 6.07) is 23.1. The molecule has 0 aromatic heterocycles. The van der Waals surface area contributed by atoms with E-state index in [9.17, 15) is 14.0 Å². The molecule has 0 bridgehead atoms. The number of hydrogen-bond donors (Lipinski definition) is 1. The van der Waals surface area contributed by atoms with Crippen LogP contribution in [-0.2, 0) is 9.59 Å². The first-order valence-electron chi connectivity index (χ1n) is 9.60.